The summed E-state index contributed by atoms with van der Waals surface area (Å²) < 4.78 is 41.9. The fourth-order valence-electron chi connectivity index (χ4n) is 2.72. The molecule has 1 aliphatic heterocycles. The molecule has 0 radical (unpaired) electrons. The average Bonchev–Trinajstić information content (AvgIpc) is 3.27. The van der Waals surface area contributed by atoms with Gasteiger partial charge in [-0.25, -0.2) is 8.42 Å². The Balaban J connectivity index is 1.46. The van der Waals surface area contributed by atoms with Crippen molar-refractivity contribution in [2.75, 3.05) is 26.2 Å². The van der Waals surface area contributed by atoms with Crippen LogP contribution >= 0.6 is 11.8 Å². The lowest BCUT2D eigenvalue weighted by Crippen LogP contribution is -2.33. The van der Waals surface area contributed by atoms with Crippen LogP contribution in [0.1, 0.15) is 5.56 Å². The van der Waals surface area contributed by atoms with Gasteiger partial charge in [-0.1, -0.05) is 6.07 Å². The molecule has 0 aliphatic carbocycles. The number of carbonyl (C=O) groups excluding carboxylic acids is 2. The number of thioether (sulfide) groups is 1. The maximum Gasteiger partial charge on any atom is 0.321 e. The largest absolute Gasteiger partial charge is 0.455 e. The molecule has 1 aliphatic rings. The Bertz CT molecular complexity index is 1190. The molecule has 0 fully saturated rings. The third kappa shape index (κ3) is 6.34. The van der Waals surface area contributed by atoms with Crippen LogP contribution in [0.15, 0.2) is 46.2 Å². The number of benzene rings is 2. The molecule has 1 amide bonds. The molecule has 2 aromatic carbocycles. The number of rotatable bonds is 10. The number of fused-ring (bicyclic) bond motifs is 1. The molecular formula is C19H19N3O9S2. The topological polar surface area (TPSA) is 163 Å². The fourth-order valence-corrected chi connectivity index (χ4v) is 4.25. The van der Waals surface area contributed by atoms with Gasteiger partial charge in [-0.05, 0) is 36.1 Å². The molecule has 0 aromatic heterocycles. The number of nitrogens with one attached hydrogen (secondary N) is 2. The lowest BCUT2D eigenvalue weighted by molar-refractivity contribution is -0.388. The summed E-state index contributed by atoms with van der Waals surface area (Å²) in [5.74, 6) is -0.413. The Morgan fingerprint density at radius 1 is 1.18 bits per heavy atom. The molecule has 1 heterocycles. The molecule has 0 unspecified atom stereocenters. The van der Waals surface area contributed by atoms with E-state index in [1.807, 2.05) is 4.72 Å². The number of carbonyl (C=O) groups is 2. The zero-order valence-corrected chi connectivity index (χ0v) is 18.9. The van der Waals surface area contributed by atoms with Crippen LogP contribution in [-0.2, 0) is 30.9 Å². The molecular weight excluding hydrogens is 478 g/mol. The first kappa shape index (κ1) is 24.3. The fraction of sp³-hybridized carbons (Fsp3) is 0.263. The zero-order chi connectivity index (χ0) is 24.0. The molecule has 0 bridgehead atoms. The van der Waals surface area contributed by atoms with Gasteiger partial charge in [0.1, 0.15) is 6.54 Å². The van der Waals surface area contributed by atoms with Gasteiger partial charge in [0, 0.05) is 12.6 Å². The van der Waals surface area contributed by atoms with Crippen LogP contribution in [0.25, 0.3) is 0 Å². The van der Waals surface area contributed by atoms with Gasteiger partial charge < -0.3 is 19.5 Å². The Labute approximate surface area is 192 Å². The Morgan fingerprint density at radius 2 is 1.94 bits per heavy atom. The third-order valence-electron chi connectivity index (χ3n) is 4.35. The number of sulfonamides is 1. The normalized spacial score (nSPS) is 12.3. The van der Waals surface area contributed by atoms with E-state index in [4.69, 9.17) is 14.2 Å². The second-order valence-electron chi connectivity index (χ2n) is 6.54. The van der Waals surface area contributed by atoms with Crippen LogP contribution in [0.5, 0.6) is 11.5 Å². The smallest absolute Gasteiger partial charge is 0.321 e. The van der Waals surface area contributed by atoms with E-state index in [2.05, 4.69) is 5.32 Å². The van der Waals surface area contributed by atoms with Crippen LogP contribution in [0.2, 0.25) is 0 Å². The molecule has 2 aromatic rings. The first-order valence-corrected chi connectivity index (χ1v) is 12.0. The van der Waals surface area contributed by atoms with E-state index in [0.717, 1.165) is 23.4 Å². The van der Waals surface area contributed by atoms with E-state index >= 15 is 0 Å². The molecule has 176 valence electrons. The van der Waals surface area contributed by atoms with Gasteiger partial charge in [-0.2, -0.15) is 4.72 Å². The number of esters is 1. The Hall–Kier alpha value is -3.36. The molecule has 0 saturated carbocycles. The van der Waals surface area contributed by atoms with Gasteiger partial charge in [0.2, 0.25) is 16.8 Å². The highest BCUT2D eigenvalue weighted by molar-refractivity contribution is 7.98. The lowest BCUT2D eigenvalue weighted by atomic mass is 10.2. The number of amides is 1. The van der Waals surface area contributed by atoms with Crippen LogP contribution < -0.4 is 19.5 Å². The number of nitro benzene ring substituents is 1. The average molecular weight is 498 g/mol. The summed E-state index contributed by atoms with van der Waals surface area (Å²) in [4.78, 5) is 34.1. The molecule has 33 heavy (non-hydrogen) atoms. The van der Waals surface area contributed by atoms with Crippen molar-refractivity contribution in [3.63, 3.8) is 0 Å². The minimum atomic E-state index is -4.21. The zero-order valence-electron chi connectivity index (χ0n) is 17.2. The van der Waals surface area contributed by atoms with E-state index in [0.29, 0.717) is 16.4 Å². The highest BCUT2D eigenvalue weighted by Gasteiger charge is 2.22. The van der Waals surface area contributed by atoms with Crippen molar-refractivity contribution in [3.05, 3.63) is 52.1 Å². The van der Waals surface area contributed by atoms with Gasteiger partial charge in [0.25, 0.3) is 11.6 Å². The highest BCUT2D eigenvalue weighted by atomic mass is 32.2. The molecule has 0 spiro atoms. The van der Waals surface area contributed by atoms with Crippen molar-refractivity contribution in [3.8, 4) is 11.5 Å². The summed E-state index contributed by atoms with van der Waals surface area (Å²) in [6.07, 6.45) is 1.62. The summed E-state index contributed by atoms with van der Waals surface area (Å²) in [5.41, 5.74) is 0.375. The lowest BCUT2D eigenvalue weighted by Gasteiger charge is -2.09. The number of nitrogens with zero attached hydrogens (tertiary/aromatic N) is 1. The second-order valence-corrected chi connectivity index (χ2v) is 9.16. The number of hydrogen-bond donors (Lipinski definition) is 2. The summed E-state index contributed by atoms with van der Waals surface area (Å²) in [6, 6.07) is 8.56. The van der Waals surface area contributed by atoms with E-state index in [9.17, 15) is 28.1 Å². The van der Waals surface area contributed by atoms with Crippen molar-refractivity contribution in [2.24, 2.45) is 0 Å². The molecule has 0 atom stereocenters. The summed E-state index contributed by atoms with van der Waals surface area (Å²) >= 11 is 1.10. The third-order valence-corrected chi connectivity index (χ3v) is 6.54. The second kappa shape index (κ2) is 10.5. The first-order valence-electron chi connectivity index (χ1n) is 9.32. The number of nitro groups is 1. The van der Waals surface area contributed by atoms with Crippen molar-refractivity contribution in [1.29, 1.82) is 0 Å². The van der Waals surface area contributed by atoms with E-state index in [1.165, 1.54) is 12.1 Å². The van der Waals surface area contributed by atoms with Gasteiger partial charge in [-0.3, -0.25) is 19.7 Å². The van der Waals surface area contributed by atoms with E-state index in [-0.39, 0.29) is 23.9 Å². The van der Waals surface area contributed by atoms with Gasteiger partial charge in [-0.15, -0.1) is 11.8 Å². The van der Waals surface area contributed by atoms with Crippen LogP contribution in [0, 0.1) is 10.1 Å². The Kier molecular flexibility index (Phi) is 7.73. The molecule has 3 rings (SSSR count). The maximum absolute atomic E-state index is 12.3. The van der Waals surface area contributed by atoms with Crippen LogP contribution in [0.3, 0.4) is 0 Å². The summed E-state index contributed by atoms with van der Waals surface area (Å²) in [5, 5.41) is 13.7. The maximum atomic E-state index is 12.3. The molecule has 2 N–H and O–H groups in total. The van der Waals surface area contributed by atoms with Gasteiger partial charge in [0.05, 0.1) is 14.7 Å². The number of ether oxygens (including phenoxy) is 3. The summed E-state index contributed by atoms with van der Waals surface area (Å²) in [7, 11) is -4.21. The Morgan fingerprint density at radius 3 is 2.67 bits per heavy atom. The minimum Gasteiger partial charge on any atom is -0.455 e. The van der Waals surface area contributed by atoms with Crippen molar-refractivity contribution in [1.82, 2.24) is 10.0 Å². The van der Waals surface area contributed by atoms with E-state index in [1.54, 1.807) is 24.5 Å². The predicted molar refractivity (Wildman–Crippen MR) is 115 cm³/mol. The SMILES string of the molecule is CSc1ccc(S(=O)(=O)NCC(=O)OCC(=O)NCc2ccc3c(c2)OCO3)cc1[N+](=O)[O-]. The van der Waals surface area contributed by atoms with Crippen molar-refractivity contribution >= 4 is 39.3 Å². The van der Waals surface area contributed by atoms with E-state index < -0.39 is 40.0 Å². The standard InChI is InChI=1S/C19H19N3O9S2/c1-32-17-5-3-13(7-14(17)22(25)26)33(27,28)21-9-19(24)29-10-18(23)20-8-12-2-4-15-16(6-12)31-11-30-15/h2-7,21H,8-11H2,1H3,(H,20,23). The highest BCUT2D eigenvalue weighted by Crippen LogP contribution is 2.32. The van der Waals surface area contributed by atoms with Crippen LogP contribution in [-0.4, -0.2) is 51.4 Å². The first-order chi connectivity index (χ1) is 15.7. The van der Waals surface area contributed by atoms with Gasteiger partial charge in [0.15, 0.2) is 18.1 Å². The monoisotopic (exact) mass is 497 g/mol. The molecule has 0 saturated heterocycles. The molecule has 12 nitrogen and oxygen atoms in total. The molecule has 14 heteroatoms. The van der Waals surface area contributed by atoms with Crippen LogP contribution in [0.4, 0.5) is 5.69 Å². The number of hydrogen-bond acceptors (Lipinski definition) is 10. The van der Waals surface area contributed by atoms with Crippen molar-refractivity contribution < 1.29 is 37.1 Å². The van der Waals surface area contributed by atoms with Crippen molar-refractivity contribution in [2.45, 2.75) is 16.3 Å². The van der Waals surface area contributed by atoms with Gasteiger partial charge >= 0.3 is 5.97 Å². The minimum absolute atomic E-state index is 0.130. The predicted octanol–water partition coefficient (Wildman–Crippen LogP) is 1.18. The quantitative estimate of drug-likeness (QED) is 0.211. The summed E-state index contributed by atoms with van der Waals surface area (Å²) in [6.45, 7) is -1.08.